The van der Waals surface area contributed by atoms with E-state index < -0.39 is 0 Å². The molecular weight excluding hydrogens is 274 g/mol. The highest BCUT2D eigenvalue weighted by Gasteiger charge is 2.13. The molecule has 2 N–H and O–H groups in total. The zero-order valence-corrected chi connectivity index (χ0v) is 12.3. The second kappa shape index (κ2) is 6.38. The van der Waals surface area contributed by atoms with Crippen molar-refractivity contribution in [3.8, 4) is 11.5 Å². The Morgan fingerprint density at radius 3 is 3.05 bits per heavy atom. The molecular formula is C14H17N3O2S. The number of amides is 1. The smallest absolute Gasteiger partial charge is 0.217 e. The Hall–Kier alpha value is -2.08. The largest absolute Gasteiger partial charge is 0.458 e. The van der Waals surface area contributed by atoms with Gasteiger partial charge in [-0.2, -0.15) is 0 Å². The molecule has 0 radical (unpaired) electrons. The Morgan fingerprint density at radius 1 is 1.55 bits per heavy atom. The summed E-state index contributed by atoms with van der Waals surface area (Å²) in [6, 6.07) is 3.72. The lowest BCUT2D eigenvalue weighted by molar-refractivity contribution is -0.119. The molecule has 2 aromatic heterocycles. The van der Waals surface area contributed by atoms with Crippen LogP contribution in [0.2, 0.25) is 0 Å². The predicted molar refractivity (Wildman–Crippen MR) is 80.8 cm³/mol. The molecule has 0 saturated carbocycles. The molecule has 20 heavy (non-hydrogen) atoms. The molecule has 0 aliphatic carbocycles. The van der Waals surface area contributed by atoms with Crippen molar-refractivity contribution in [2.45, 2.75) is 20.4 Å². The number of nitrogens with one attached hydrogen (secondary N) is 2. The van der Waals surface area contributed by atoms with E-state index in [0.717, 1.165) is 15.7 Å². The lowest BCUT2D eigenvalue weighted by atomic mass is 10.3. The second-order valence-electron chi connectivity index (χ2n) is 4.27. The molecule has 0 fully saturated rings. The first-order valence-corrected chi connectivity index (χ1v) is 7.07. The van der Waals surface area contributed by atoms with Crippen LogP contribution in [0.4, 0.5) is 5.13 Å². The Balaban J connectivity index is 2.12. The summed E-state index contributed by atoms with van der Waals surface area (Å²) >= 11 is 1.58. The minimum Gasteiger partial charge on any atom is -0.458 e. The number of hydrogen-bond donors (Lipinski definition) is 2. The molecule has 6 heteroatoms. The first-order valence-electron chi connectivity index (χ1n) is 6.26. The van der Waals surface area contributed by atoms with E-state index in [4.69, 9.17) is 4.42 Å². The van der Waals surface area contributed by atoms with Gasteiger partial charge in [0.05, 0.1) is 6.54 Å². The summed E-state index contributed by atoms with van der Waals surface area (Å²) in [6.07, 6.45) is 1.79. The van der Waals surface area contributed by atoms with E-state index in [0.29, 0.717) is 24.6 Å². The van der Waals surface area contributed by atoms with Crippen molar-refractivity contribution < 1.29 is 9.21 Å². The zero-order chi connectivity index (χ0) is 14.5. The van der Waals surface area contributed by atoms with E-state index >= 15 is 0 Å². The summed E-state index contributed by atoms with van der Waals surface area (Å²) in [6.45, 7) is 8.21. The third-order valence-electron chi connectivity index (χ3n) is 2.60. The Labute approximate surface area is 121 Å². The number of nitrogens with zero attached hydrogens (tertiary/aromatic N) is 1. The van der Waals surface area contributed by atoms with E-state index in [1.54, 1.807) is 17.4 Å². The Bertz CT molecular complexity index is 616. The highest BCUT2D eigenvalue weighted by Crippen LogP contribution is 2.31. The summed E-state index contributed by atoms with van der Waals surface area (Å²) in [7, 11) is 0. The number of anilines is 1. The third kappa shape index (κ3) is 3.48. The van der Waals surface area contributed by atoms with Gasteiger partial charge < -0.3 is 15.1 Å². The maximum absolute atomic E-state index is 10.9. The Morgan fingerprint density at radius 2 is 2.35 bits per heavy atom. The van der Waals surface area contributed by atoms with Gasteiger partial charge in [0.25, 0.3) is 0 Å². The fourth-order valence-electron chi connectivity index (χ4n) is 1.67. The minimum atomic E-state index is -0.0799. The average molecular weight is 291 g/mol. The van der Waals surface area contributed by atoms with Crippen molar-refractivity contribution in [2.75, 3.05) is 11.9 Å². The van der Waals surface area contributed by atoms with Crippen LogP contribution in [0.15, 0.2) is 29.2 Å². The summed E-state index contributed by atoms with van der Waals surface area (Å²) < 4.78 is 5.70. The molecule has 0 aromatic carbocycles. The maximum atomic E-state index is 10.9. The lowest BCUT2D eigenvalue weighted by Gasteiger charge is -1.98. The van der Waals surface area contributed by atoms with Gasteiger partial charge in [0.1, 0.15) is 11.5 Å². The first-order chi connectivity index (χ1) is 9.60. The SMILES string of the molecule is C=CCNc1nc(-c2ccc(CNC(C)=O)o2)c(C)s1. The molecule has 0 saturated heterocycles. The molecule has 2 heterocycles. The molecule has 0 atom stereocenters. The summed E-state index contributed by atoms with van der Waals surface area (Å²) in [5.41, 5.74) is 0.829. The normalized spacial score (nSPS) is 10.3. The zero-order valence-electron chi connectivity index (χ0n) is 11.5. The number of carbonyl (C=O) groups excluding carboxylic acids is 1. The van der Waals surface area contributed by atoms with Gasteiger partial charge in [0.2, 0.25) is 5.91 Å². The first kappa shape index (κ1) is 14.3. The van der Waals surface area contributed by atoms with Crippen molar-refractivity contribution in [1.82, 2.24) is 10.3 Å². The Kier molecular flexibility index (Phi) is 4.57. The highest BCUT2D eigenvalue weighted by atomic mass is 32.1. The molecule has 0 unspecified atom stereocenters. The molecule has 0 spiro atoms. The summed E-state index contributed by atoms with van der Waals surface area (Å²) in [5.74, 6) is 1.35. The van der Waals surface area contributed by atoms with Crippen molar-refractivity contribution in [2.24, 2.45) is 0 Å². The molecule has 106 valence electrons. The lowest BCUT2D eigenvalue weighted by Crippen LogP contribution is -2.18. The van der Waals surface area contributed by atoms with E-state index in [-0.39, 0.29) is 5.91 Å². The predicted octanol–water partition coefficient (Wildman–Crippen LogP) is 2.95. The van der Waals surface area contributed by atoms with Crippen molar-refractivity contribution in [3.05, 3.63) is 35.4 Å². The monoisotopic (exact) mass is 291 g/mol. The van der Waals surface area contributed by atoms with Crippen LogP contribution in [0.5, 0.6) is 0 Å². The van der Waals surface area contributed by atoms with Crippen LogP contribution < -0.4 is 10.6 Å². The molecule has 2 rings (SSSR count). The van der Waals surface area contributed by atoms with Gasteiger partial charge in [-0.3, -0.25) is 4.79 Å². The summed E-state index contributed by atoms with van der Waals surface area (Å²) in [4.78, 5) is 16.5. The minimum absolute atomic E-state index is 0.0799. The van der Waals surface area contributed by atoms with E-state index in [2.05, 4.69) is 22.2 Å². The second-order valence-corrected chi connectivity index (χ2v) is 5.47. The van der Waals surface area contributed by atoms with Gasteiger partial charge in [-0.05, 0) is 19.1 Å². The van der Waals surface area contributed by atoms with Gasteiger partial charge in [0, 0.05) is 18.3 Å². The van der Waals surface area contributed by atoms with Crippen LogP contribution in [-0.2, 0) is 11.3 Å². The number of aromatic nitrogens is 1. The molecule has 0 aliphatic heterocycles. The van der Waals surface area contributed by atoms with E-state index in [9.17, 15) is 4.79 Å². The van der Waals surface area contributed by atoms with Crippen molar-refractivity contribution in [1.29, 1.82) is 0 Å². The average Bonchev–Trinajstić information content (AvgIpc) is 3.00. The molecule has 0 aliphatic rings. The van der Waals surface area contributed by atoms with E-state index in [1.807, 2.05) is 19.1 Å². The van der Waals surface area contributed by atoms with Crippen LogP contribution in [0.1, 0.15) is 17.6 Å². The van der Waals surface area contributed by atoms with Crippen LogP contribution in [-0.4, -0.2) is 17.4 Å². The van der Waals surface area contributed by atoms with Gasteiger partial charge in [0.15, 0.2) is 10.9 Å². The van der Waals surface area contributed by atoms with Crippen LogP contribution >= 0.6 is 11.3 Å². The number of hydrogen-bond acceptors (Lipinski definition) is 5. The number of carbonyl (C=O) groups is 1. The number of furan rings is 1. The molecule has 5 nitrogen and oxygen atoms in total. The topological polar surface area (TPSA) is 67.2 Å². The summed E-state index contributed by atoms with van der Waals surface area (Å²) in [5, 5.41) is 6.71. The van der Waals surface area contributed by atoms with Gasteiger partial charge in [-0.15, -0.1) is 17.9 Å². The molecule has 2 aromatic rings. The quantitative estimate of drug-likeness (QED) is 0.803. The highest BCUT2D eigenvalue weighted by molar-refractivity contribution is 7.15. The fraction of sp³-hybridized carbons (Fsp3) is 0.286. The van der Waals surface area contributed by atoms with Crippen LogP contribution in [0, 0.1) is 6.92 Å². The number of thiazole rings is 1. The number of aryl methyl sites for hydroxylation is 1. The molecule has 1 amide bonds. The van der Waals surface area contributed by atoms with Gasteiger partial charge in [-0.25, -0.2) is 4.98 Å². The van der Waals surface area contributed by atoms with Crippen LogP contribution in [0.25, 0.3) is 11.5 Å². The van der Waals surface area contributed by atoms with Gasteiger partial charge >= 0.3 is 0 Å². The standard InChI is InChI=1S/C14H17N3O2S/c1-4-7-15-14-17-13(9(2)20-14)12-6-5-11(19-12)8-16-10(3)18/h4-6H,1,7-8H2,2-3H3,(H,15,17)(H,16,18). The fourth-order valence-corrected chi connectivity index (χ4v) is 2.50. The number of rotatable bonds is 6. The third-order valence-corrected chi connectivity index (χ3v) is 3.53. The van der Waals surface area contributed by atoms with E-state index in [1.165, 1.54) is 6.92 Å². The van der Waals surface area contributed by atoms with Crippen molar-refractivity contribution in [3.63, 3.8) is 0 Å². The van der Waals surface area contributed by atoms with Gasteiger partial charge in [-0.1, -0.05) is 6.08 Å². The van der Waals surface area contributed by atoms with Crippen molar-refractivity contribution >= 4 is 22.4 Å². The molecule has 0 bridgehead atoms. The van der Waals surface area contributed by atoms with Crippen LogP contribution in [0.3, 0.4) is 0 Å². The maximum Gasteiger partial charge on any atom is 0.217 e.